The fourth-order valence-electron chi connectivity index (χ4n) is 2.50. The SMILES string of the molecule is Cc1ccccc1OCCCN(C)C(=O)CCNC(=O)c1ccc(Br)cc1. The molecular weight excluding hydrogens is 408 g/mol. The predicted molar refractivity (Wildman–Crippen MR) is 110 cm³/mol. The van der Waals surface area contributed by atoms with Crippen LogP contribution in [0.5, 0.6) is 5.75 Å². The number of hydrogen-bond donors (Lipinski definition) is 1. The van der Waals surface area contributed by atoms with Crippen LogP contribution in [0.4, 0.5) is 0 Å². The highest BCUT2D eigenvalue weighted by atomic mass is 79.9. The molecule has 0 saturated carbocycles. The lowest BCUT2D eigenvalue weighted by Gasteiger charge is -2.17. The molecule has 0 fully saturated rings. The van der Waals surface area contributed by atoms with Crippen LogP contribution in [0.25, 0.3) is 0 Å². The van der Waals surface area contributed by atoms with Gasteiger partial charge in [-0.25, -0.2) is 0 Å². The van der Waals surface area contributed by atoms with Gasteiger partial charge in [0, 0.05) is 36.6 Å². The average molecular weight is 433 g/mol. The van der Waals surface area contributed by atoms with Crippen molar-refractivity contribution in [3.63, 3.8) is 0 Å². The zero-order chi connectivity index (χ0) is 19.6. The molecule has 0 aliphatic rings. The Morgan fingerprint density at radius 1 is 1.11 bits per heavy atom. The molecule has 6 heteroatoms. The Morgan fingerprint density at radius 2 is 1.81 bits per heavy atom. The molecule has 27 heavy (non-hydrogen) atoms. The summed E-state index contributed by atoms with van der Waals surface area (Å²) in [5, 5.41) is 2.77. The van der Waals surface area contributed by atoms with Gasteiger partial charge in [0.05, 0.1) is 6.61 Å². The summed E-state index contributed by atoms with van der Waals surface area (Å²) >= 11 is 3.33. The standard InChI is InChI=1S/C21H25BrN2O3/c1-16-6-3-4-7-19(16)27-15-5-14-24(2)20(25)12-13-23-21(26)17-8-10-18(22)11-9-17/h3-4,6-11H,5,12-15H2,1-2H3,(H,23,26). The van der Waals surface area contributed by atoms with Crippen LogP contribution in [0.15, 0.2) is 53.0 Å². The molecule has 0 aliphatic heterocycles. The smallest absolute Gasteiger partial charge is 0.251 e. The monoisotopic (exact) mass is 432 g/mol. The number of carbonyl (C=O) groups excluding carboxylic acids is 2. The van der Waals surface area contributed by atoms with Crippen LogP contribution in [0.3, 0.4) is 0 Å². The zero-order valence-electron chi connectivity index (χ0n) is 15.7. The summed E-state index contributed by atoms with van der Waals surface area (Å²) in [5.74, 6) is 0.703. The lowest BCUT2D eigenvalue weighted by molar-refractivity contribution is -0.129. The second kappa shape index (κ2) is 10.7. The molecule has 2 amide bonds. The third-order valence-corrected chi connectivity index (χ3v) is 4.67. The molecule has 0 saturated heterocycles. The van der Waals surface area contributed by atoms with Crippen molar-refractivity contribution in [1.82, 2.24) is 10.2 Å². The maximum Gasteiger partial charge on any atom is 0.251 e. The van der Waals surface area contributed by atoms with E-state index in [0.717, 1.165) is 22.2 Å². The van der Waals surface area contributed by atoms with E-state index in [9.17, 15) is 9.59 Å². The van der Waals surface area contributed by atoms with E-state index < -0.39 is 0 Å². The molecule has 0 atom stereocenters. The van der Waals surface area contributed by atoms with Crippen molar-refractivity contribution >= 4 is 27.7 Å². The Morgan fingerprint density at radius 3 is 2.52 bits per heavy atom. The van der Waals surface area contributed by atoms with Crippen molar-refractivity contribution in [2.75, 3.05) is 26.7 Å². The number of amides is 2. The largest absolute Gasteiger partial charge is 0.493 e. The number of para-hydroxylation sites is 1. The van der Waals surface area contributed by atoms with E-state index in [1.54, 1.807) is 24.1 Å². The first kappa shape index (κ1) is 21.0. The van der Waals surface area contributed by atoms with E-state index in [2.05, 4.69) is 21.2 Å². The Bertz CT molecular complexity index is 762. The van der Waals surface area contributed by atoms with E-state index in [0.29, 0.717) is 25.3 Å². The van der Waals surface area contributed by atoms with Crippen LogP contribution in [-0.2, 0) is 4.79 Å². The van der Waals surface area contributed by atoms with Gasteiger partial charge < -0.3 is 15.0 Å². The first-order valence-electron chi connectivity index (χ1n) is 8.93. The molecule has 1 N–H and O–H groups in total. The van der Waals surface area contributed by atoms with E-state index in [-0.39, 0.29) is 18.2 Å². The Labute approximate surface area is 168 Å². The van der Waals surface area contributed by atoms with Crippen LogP contribution in [-0.4, -0.2) is 43.5 Å². The quantitative estimate of drug-likeness (QED) is 0.612. The second-order valence-electron chi connectivity index (χ2n) is 6.30. The van der Waals surface area contributed by atoms with Gasteiger partial charge in [-0.2, -0.15) is 0 Å². The van der Waals surface area contributed by atoms with Gasteiger partial charge in [-0.1, -0.05) is 34.1 Å². The van der Waals surface area contributed by atoms with Crippen molar-refractivity contribution in [1.29, 1.82) is 0 Å². The minimum absolute atomic E-state index is 0.00185. The Balaban J connectivity index is 1.63. The molecule has 2 rings (SSSR count). The number of aryl methyl sites for hydroxylation is 1. The minimum atomic E-state index is -0.176. The highest BCUT2D eigenvalue weighted by Crippen LogP contribution is 2.16. The number of nitrogens with zero attached hydrogens (tertiary/aromatic N) is 1. The van der Waals surface area contributed by atoms with E-state index >= 15 is 0 Å². The van der Waals surface area contributed by atoms with E-state index in [1.165, 1.54) is 0 Å². The fourth-order valence-corrected chi connectivity index (χ4v) is 2.77. The Kier molecular flexibility index (Phi) is 8.33. The molecule has 0 radical (unpaired) electrons. The summed E-state index contributed by atoms with van der Waals surface area (Å²) < 4.78 is 6.66. The second-order valence-corrected chi connectivity index (χ2v) is 7.21. The number of carbonyl (C=O) groups is 2. The summed E-state index contributed by atoms with van der Waals surface area (Å²) in [4.78, 5) is 25.8. The van der Waals surface area contributed by atoms with Gasteiger partial charge in [0.2, 0.25) is 5.91 Å². The lowest BCUT2D eigenvalue weighted by atomic mass is 10.2. The van der Waals surface area contributed by atoms with Crippen molar-refractivity contribution < 1.29 is 14.3 Å². The number of ether oxygens (including phenoxy) is 1. The summed E-state index contributed by atoms with van der Waals surface area (Å²) in [6, 6.07) is 15.0. The number of halogens is 1. The van der Waals surface area contributed by atoms with E-state index in [4.69, 9.17) is 4.74 Å². The highest BCUT2D eigenvalue weighted by Gasteiger charge is 2.10. The third-order valence-electron chi connectivity index (χ3n) is 4.15. The molecule has 144 valence electrons. The van der Waals surface area contributed by atoms with Gasteiger partial charge in [-0.3, -0.25) is 9.59 Å². The molecule has 0 aromatic heterocycles. The van der Waals surface area contributed by atoms with Gasteiger partial charge in [0.25, 0.3) is 5.91 Å². The summed E-state index contributed by atoms with van der Waals surface area (Å²) in [5.41, 5.74) is 1.68. The van der Waals surface area contributed by atoms with Gasteiger partial charge in [-0.05, 0) is 49.2 Å². The van der Waals surface area contributed by atoms with Gasteiger partial charge >= 0.3 is 0 Å². The van der Waals surface area contributed by atoms with Crippen LogP contribution < -0.4 is 10.1 Å². The highest BCUT2D eigenvalue weighted by molar-refractivity contribution is 9.10. The van der Waals surface area contributed by atoms with Crippen molar-refractivity contribution in [3.8, 4) is 5.75 Å². The van der Waals surface area contributed by atoms with Crippen LogP contribution in [0, 0.1) is 6.92 Å². The first-order valence-corrected chi connectivity index (χ1v) is 9.73. The number of nitrogens with one attached hydrogen (secondary N) is 1. The third kappa shape index (κ3) is 7.06. The molecule has 0 bridgehead atoms. The van der Waals surface area contributed by atoms with Gasteiger partial charge in [-0.15, -0.1) is 0 Å². The van der Waals surface area contributed by atoms with Crippen molar-refractivity contribution in [2.45, 2.75) is 19.8 Å². The maximum atomic E-state index is 12.2. The maximum absolute atomic E-state index is 12.2. The van der Waals surface area contributed by atoms with Crippen molar-refractivity contribution in [2.24, 2.45) is 0 Å². The normalized spacial score (nSPS) is 10.3. The van der Waals surface area contributed by atoms with Gasteiger partial charge in [0.1, 0.15) is 5.75 Å². The van der Waals surface area contributed by atoms with Crippen LogP contribution in [0.1, 0.15) is 28.8 Å². The predicted octanol–water partition coefficient (Wildman–Crippen LogP) is 3.80. The molecule has 0 unspecified atom stereocenters. The zero-order valence-corrected chi connectivity index (χ0v) is 17.3. The van der Waals surface area contributed by atoms with Crippen LogP contribution in [0.2, 0.25) is 0 Å². The fraction of sp³-hybridized carbons (Fsp3) is 0.333. The first-order chi connectivity index (χ1) is 13.0. The Hall–Kier alpha value is -2.34. The van der Waals surface area contributed by atoms with E-state index in [1.807, 2.05) is 43.3 Å². The lowest BCUT2D eigenvalue weighted by Crippen LogP contribution is -2.33. The summed E-state index contributed by atoms with van der Waals surface area (Å²) in [6.07, 6.45) is 1.03. The average Bonchev–Trinajstić information content (AvgIpc) is 2.66. The molecule has 0 aliphatic carbocycles. The number of hydrogen-bond acceptors (Lipinski definition) is 3. The number of benzene rings is 2. The summed E-state index contributed by atoms with van der Waals surface area (Å²) in [7, 11) is 1.77. The summed E-state index contributed by atoms with van der Waals surface area (Å²) in [6.45, 7) is 3.50. The topological polar surface area (TPSA) is 58.6 Å². The molecule has 5 nitrogen and oxygen atoms in total. The molecule has 0 spiro atoms. The minimum Gasteiger partial charge on any atom is -0.493 e. The molecule has 0 heterocycles. The number of rotatable bonds is 9. The van der Waals surface area contributed by atoms with Crippen LogP contribution >= 0.6 is 15.9 Å². The van der Waals surface area contributed by atoms with Crippen molar-refractivity contribution in [3.05, 3.63) is 64.1 Å². The van der Waals surface area contributed by atoms with Gasteiger partial charge in [0.15, 0.2) is 0 Å². The molecule has 2 aromatic carbocycles. The molecular formula is C21H25BrN2O3. The molecule has 2 aromatic rings.